The zero-order valence-electron chi connectivity index (χ0n) is 12.6. The van der Waals surface area contributed by atoms with Crippen LogP contribution in [0, 0.1) is 5.82 Å². The molecule has 0 unspecified atom stereocenters. The van der Waals surface area contributed by atoms with Crippen molar-refractivity contribution in [3.63, 3.8) is 0 Å². The summed E-state index contributed by atoms with van der Waals surface area (Å²) in [5.74, 6) is 0.0641. The third-order valence-electron chi connectivity index (χ3n) is 4.61. The molecule has 0 radical (unpaired) electrons. The van der Waals surface area contributed by atoms with E-state index in [1.807, 2.05) is 0 Å². The van der Waals surface area contributed by atoms with Gasteiger partial charge in [-0.1, -0.05) is 12.1 Å². The summed E-state index contributed by atoms with van der Waals surface area (Å²) < 4.78 is 44.9. The van der Waals surface area contributed by atoms with Crippen molar-refractivity contribution in [1.82, 2.24) is 4.31 Å². The van der Waals surface area contributed by atoms with Gasteiger partial charge >= 0.3 is 0 Å². The number of sulfonamides is 1. The van der Waals surface area contributed by atoms with Gasteiger partial charge in [0.1, 0.15) is 5.82 Å². The summed E-state index contributed by atoms with van der Waals surface area (Å²) in [6.45, 7) is 1.80. The fourth-order valence-corrected chi connectivity index (χ4v) is 4.88. The lowest BCUT2D eigenvalue weighted by molar-refractivity contribution is 0.108. The van der Waals surface area contributed by atoms with Crippen LogP contribution < -0.4 is 0 Å². The maximum absolute atomic E-state index is 13.0. The van der Waals surface area contributed by atoms with Crippen LogP contribution in [0.5, 0.6) is 0 Å². The molecule has 4 nitrogen and oxygen atoms in total. The maximum atomic E-state index is 13.0. The predicted molar refractivity (Wildman–Crippen MR) is 82.7 cm³/mol. The van der Waals surface area contributed by atoms with Crippen molar-refractivity contribution in [3.05, 3.63) is 35.6 Å². The number of rotatable bonds is 5. The molecule has 6 heteroatoms. The van der Waals surface area contributed by atoms with Crippen LogP contribution >= 0.6 is 0 Å². The lowest BCUT2D eigenvalue weighted by atomic mass is 9.99. The van der Waals surface area contributed by atoms with Crippen LogP contribution in [-0.4, -0.2) is 44.3 Å². The normalized spacial score (nSPS) is 26.6. The van der Waals surface area contributed by atoms with E-state index in [2.05, 4.69) is 0 Å². The highest BCUT2D eigenvalue weighted by Gasteiger charge is 2.32. The minimum atomic E-state index is -3.22. The van der Waals surface area contributed by atoms with Gasteiger partial charge in [0.15, 0.2) is 0 Å². The van der Waals surface area contributed by atoms with Crippen molar-refractivity contribution in [3.8, 4) is 0 Å². The Balaban J connectivity index is 1.57. The van der Waals surface area contributed by atoms with Crippen LogP contribution in [0.4, 0.5) is 4.39 Å². The first-order valence-corrected chi connectivity index (χ1v) is 9.50. The monoisotopic (exact) mass is 327 g/mol. The molecule has 0 N–H and O–H groups in total. The average Bonchev–Trinajstić information content (AvgIpc) is 3.18. The van der Waals surface area contributed by atoms with E-state index in [9.17, 15) is 12.8 Å². The number of ether oxygens (including phenoxy) is 1. The zero-order valence-corrected chi connectivity index (χ0v) is 13.4. The van der Waals surface area contributed by atoms with Crippen molar-refractivity contribution in [2.75, 3.05) is 25.4 Å². The molecule has 0 aliphatic carbocycles. The van der Waals surface area contributed by atoms with Crippen LogP contribution in [0.2, 0.25) is 0 Å². The highest BCUT2D eigenvalue weighted by Crippen LogP contribution is 2.29. The van der Waals surface area contributed by atoms with Gasteiger partial charge in [0, 0.05) is 19.7 Å². The van der Waals surface area contributed by atoms with Crippen LogP contribution in [-0.2, 0) is 14.8 Å². The van der Waals surface area contributed by atoms with Gasteiger partial charge in [0.25, 0.3) is 0 Å². The summed E-state index contributed by atoms with van der Waals surface area (Å²) in [5.41, 5.74) is 1.01. The topological polar surface area (TPSA) is 46.6 Å². The first kappa shape index (κ1) is 15.9. The summed E-state index contributed by atoms with van der Waals surface area (Å²) in [7, 11) is -3.22. The van der Waals surface area contributed by atoms with E-state index in [1.165, 1.54) is 12.1 Å². The average molecular weight is 327 g/mol. The highest BCUT2D eigenvalue weighted by molar-refractivity contribution is 7.89. The molecule has 0 spiro atoms. The van der Waals surface area contributed by atoms with Gasteiger partial charge in [0.2, 0.25) is 10.0 Å². The number of hydrogen-bond donors (Lipinski definition) is 0. The summed E-state index contributed by atoms with van der Waals surface area (Å²) in [6.07, 6.45) is 3.48. The van der Waals surface area contributed by atoms with Gasteiger partial charge < -0.3 is 4.74 Å². The molecule has 2 heterocycles. The summed E-state index contributed by atoms with van der Waals surface area (Å²) >= 11 is 0. The van der Waals surface area contributed by atoms with Crippen LogP contribution in [0.1, 0.15) is 37.2 Å². The van der Waals surface area contributed by atoms with E-state index >= 15 is 0 Å². The van der Waals surface area contributed by atoms with Gasteiger partial charge in [-0.2, -0.15) is 0 Å². The number of benzene rings is 1. The van der Waals surface area contributed by atoms with Crippen LogP contribution in [0.25, 0.3) is 0 Å². The van der Waals surface area contributed by atoms with Crippen molar-refractivity contribution in [2.45, 2.75) is 37.7 Å². The molecule has 2 aliphatic rings. The van der Waals surface area contributed by atoms with Gasteiger partial charge in [-0.3, -0.25) is 0 Å². The number of hydrogen-bond acceptors (Lipinski definition) is 3. The van der Waals surface area contributed by atoms with Gasteiger partial charge in [0.05, 0.1) is 11.9 Å². The molecule has 122 valence electrons. The van der Waals surface area contributed by atoms with E-state index in [1.54, 1.807) is 16.4 Å². The molecule has 1 aromatic carbocycles. The first-order valence-electron chi connectivity index (χ1n) is 7.89. The fourth-order valence-electron chi connectivity index (χ4n) is 3.27. The Kier molecular flexibility index (Phi) is 4.80. The van der Waals surface area contributed by atoms with Crippen molar-refractivity contribution in [2.24, 2.45) is 0 Å². The summed E-state index contributed by atoms with van der Waals surface area (Å²) in [6, 6.07) is 6.37. The Morgan fingerprint density at radius 2 is 2.00 bits per heavy atom. The Bertz CT molecular complexity index is 596. The van der Waals surface area contributed by atoms with E-state index in [4.69, 9.17) is 4.74 Å². The quantitative estimate of drug-likeness (QED) is 0.835. The maximum Gasteiger partial charge on any atom is 0.214 e. The van der Waals surface area contributed by atoms with Crippen molar-refractivity contribution >= 4 is 10.0 Å². The lowest BCUT2D eigenvalue weighted by Crippen LogP contribution is -2.32. The molecule has 2 aliphatic heterocycles. The third-order valence-corrected chi connectivity index (χ3v) is 6.48. The summed E-state index contributed by atoms with van der Waals surface area (Å²) in [4.78, 5) is 0. The Morgan fingerprint density at radius 3 is 2.68 bits per heavy atom. The van der Waals surface area contributed by atoms with Crippen LogP contribution in [0.3, 0.4) is 0 Å². The Morgan fingerprint density at radius 1 is 1.23 bits per heavy atom. The largest absolute Gasteiger partial charge is 0.378 e. The molecule has 2 saturated heterocycles. The first-order chi connectivity index (χ1) is 10.5. The van der Waals surface area contributed by atoms with Gasteiger partial charge in [-0.05, 0) is 49.3 Å². The third kappa shape index (κ3) is 3.67. The molecule has 0 amide bonds. The highest BCUT2D eigenvalue weighted by atomic mass is 32.2. The Labute approximate surface area is 131 Å². The molecule has 22 heavy (non-hydrogen) atoms. The molecular formula is C16H22FNO3S. The van der Waals surface area contributed by atoms with Crippen molar-refractivity contribution in [1.29, 1.82) is 0 Å². The van der Waals surface area contributed by atoms with Crippen LogP contribution in [0.15, 0.2) is 24.3 Å². The minimum Gasteiger partial charge on any atom is -0.378 e. The van der Waals surface area contributed by atoms with E-state index in [0.717, 1.165) is 31.4 Å². The second kappa shape index (κ2) is 6.64. The molecule has 0 aromatic heterocycles. The second-order valence-corrected chi connectivity index (χ2v) is 8.22. The minimum absolute atomic E-state index is 0.102. The fraction of sp³-hybridized carbons (Fsp3) is 0.625. The zero-order chi connectivity index (χ0) is 15.6. The van der Waals surface area contributed by atoms with Crippen molar-refractivity contribution < 1.29 is 17.5 Å². The Hall–Kier alpha value is -0.980. The smallest absolute Gasteiger partial charge is 0.214 e. The lowest BCUT2D eigenvalue weighted by Gasteiger charge is -2.18. The molecule has 2 fully saturated rings. The predicted octanol–water partition coefficient (Wildman–Crippen LogP) is 2.51. The second-order valence-electron chi connectivity index (χ2n) is 6.13. The number of nitrogens with zero attached hydrogens (tertiary/aromatic N) is 1. The molecule has 0 saturated carbocycles. The van der Waals surface area contributed by atoms with Gasteiger partial charge in [-0.25, -0.2) is 17.1 Å². The van der Waals surface area contributed by atoms with E-state index in [-0.39, 0.29) is 23.6 Å². The SMILES string of the molecule is O=S(=O)(CC[C@@H]1CCCO1)N1CC[C@@H](c2ccc(F)cc2)C1. The molecule has 1 aromatic rings. The van der Waals surface area contributed by atoms with E-state index < -0.39 is 10.0 Å². The standard InChI is InChI=1S/C16H22FNO3S/c17-15-5-3-13(4-6-15)14-7-9-18(12-14)22(19,20)11-8-16-2-1-10-21-16/h3-6,14,16H,1-2,7-12H2/t14-,16+/m1/s1. The molecule has 3 rings (SSSR count). The van der Waals surface area contributed by atoms with Gasteiger partial charge in [-0.15, -0.1) is 0 Å². The van der Waals surface area contributed by atoms with E-state index in [0.29, 0.717) is 19.5 Å². The molecule has 2 atom stereocenters. The molecular weight excluding hydrogens is 305 g/mol. The summed E-state index contributed by atoms with van der Waals surface area (Å²) in [5, 5.41) is 0. The molecule has 0 bridgehead atoms. The number of halogens is 1.